The number of aliphatic hydroxyl groups is 2. The van der Waals surface area contributed by atoms with Gasteiger partial charge < -0.3 is 19.9 Å². The van der Waals surface area contributed by atoms with Gasteiger partial charge in [-0.2, -0.15) is 13.2 Å². The van der Waals surface area contributed by atoms with Gasteiger partial charge in [-0.05, 0) is 54.0 Å². The van der Waals surface area contributed by atoms with E-state index >= 15 is 0 Å². The molecule has 38 heavy (non-hydrogen) atoms. The van der Waals surface area contributed by atoms with Gasteiger partial charge in [0.05, 0.1) is 23.2 Å². The summed E-state index contributed by atoms with van der Waals surface area (Å²) in [5.41, 5.74) is -0.126. The molecule has 196 valence electrons. The third-order valence-electron chi connectivity index (χ3n) is 5.76. The molecule has 0 aliphatic carbocycles. The maximum absolute atomic E-state index is 13.4. The zero-order chi connectivity index (χ0) is 27.6. The summed E-state index contributed by atoms with van der Waals surface area (Å²) in [6.45, 7) is 1.75. The lowest BCUT2D eigenvalue weighted by Crippen LogP contribution is -2.22. The smallest absolute Gasteiger partial charge is 0.418 e. The third kappa shape index (κ3) is 5.96. The van der Waals surface area contributed by atoms with Gasteiger partial charge in [0.15, 0.2) is 6.29 Å². The number of fused-ring (bicyclic) bond motifs is 1. The van der Waals surface area contributed by atoms with Crippen LogP contribution in [0.4, 0.5) is 18.9 Å². The summed E-state index contributed by atoms with van der Waals surface area (Å²) in [7, 11) is 0. The number of benzene rings is 3. The highest BCUT2D eigenvalue weighted by Gasteiger charge is 2.33. The molecule has 0 unspecified atom stereocenters. The Kier molecular flexibility index (Phi) is 7.73. The fourth-order valence-corrected chi connectivity index (χ4v) is 4.20. The van der Waals surface area contributed by atoms with Gasteiger partial charge in [-0.25, -0.2) is 4.79 Å². The van der Waals surface area contributed by atoms with Crippen molar-refractivity contribution in [3.05, 3.63) is 104 Å². The van der Waals surface area contributed by atoms with Crippen molar-refractivity contribution in [2.75, 3.05) is 5.32 Å². The summed E-state index contributed by atoms with van der Waals surface area (Å²) in [6, 6.07) is 14.4. The van der Waals surface area contributed by atoms with E-state index in [0.29, 0.717) is 32.7 Å². The standard InChI is InChI=1S/C28H21ClF3NO5/c1-15-11-18-23(14-21(15)29)38-27(37)19(26(18)17-6-4-5-16(12-17)9-10-25(35)36)13-24(34)33-22-8-3-2-7-20(22)28(30,31)32/h2-12,14,25,35-36H,13H2,1H3,(H,33,34). The van der Waals surface area contributed by atoms with E-state index in [0.717, 1.165) is 18.2 Å². The maximum atomic E-state index is 13.4. The van der Waals surface area contributed by atoms with Crippen LogP contribution in [0, 0.1) is 6.92 Å². The zero-order valence-electron chi connectivity index (χ0n) is 19.8. The van der Waals surface area contributed by atoms with Gasteiger partial charge in [0.1, 0.15) is 5.58 Å². The number of amides is 1. The number of nitrogens with one attached hydrogen (secondary N) is 1. The van der Waals surface area contributed by atoms with E-state index in [1.54, 1.807) is 37.3 Å². The fourth-order valence-electron chi connectivity index (χ4n) is 4.05. The number of hydrogen-bond acceptors (Lipinski definition) is 5. The fraction of sp³-hybridized carbons (Fsp3) is 0.143. The van der Waals surface area contributed by atoms with E-state index in [9.17, 15) is 22.8 Å². The number of alkyl halides is 3. The molecule has 0 aliphatic heterocycles. The molecule has 4 rings (SSSR count). The first-order chi connectivity index (χ1) is 17.9. The first-order valence-electron chi connectivity index (χ1n) is 11.3. The largest absolute Gasteiger partial charge is 0.422 e. The summed E-state index contributed by atoms with van der Waals surface area (Å²) < 4.78 is 45.7. The lowest BCUT2D eigenvalue weighted by Gasteiger charge is -2.15. The van der Waals surface area contributed by atoms with Gasteiger partial charge >= 0.3 is 11.8 Å². The molecule has 0 spiro atoms. The van der Waals surface area contributed by atoms with Crippen molar-refractivity contribution >= 4 is 40.2 Å². The molecule has 4 aromatic rings. The summed E-state index contributed by atoms with van der Waals surface area (Å²) in [6.07, 6.45) is -4.33. The number of halogens is 4. The van der Waals surface area contributed by atoms with Crippen LogP contribution in [0.25, 0.3) is 28.2 Å². The van der Waals surface area contributed by atoms with Crippen molar-refractivity contribution < 1.29 is 32.6 Å². The molecule has 10 heteroatoms. The molecule has 1 aromatic heterocycles. The van der Waals surface area contributed by atoms with Crippen LogP contribution in [0.2, 0.25) is 5.02 Å². The average Bonchev–Trinajstić information content (AvgIpc) is 2.84. The average molecular weight is 544 g/mol. The first-order valence-corrected chi connectivity index (χ1v) is 11.7. The van der Waals surface area contributed by atoms with Crippen LogP contribution in [-0.4, -0.2) is 22.4 Å². The van der Waals surface area contributed by atoms with E-state index in [4.69, 9.17) is 26.2 Å². The molecule has 0 saturated carbocycles. The number of para-hydroxylation sites is 1. The molecule has 1 heterocycles. The predicted octanol–water partition coefficient (Wildman–Crippen LogP) is 5.95. The topological polar surface area (TPSA) is 99.8 Å². The van der Waals surface area contributed by atoms with Crippen molar-refractivity contribution in [3.8, 4) is 11.1 Å². The normalized spacial score (nSPS) is 12.0. The van der Waals surface area contributed by atoms with E-state index < -0.39 is 41.7 Å². The minimum absolute atomic E-state index is 0.0652. The van der Waals surface area contributed by atoms with Gasteiger partial charge in [-0.15, -0.1) is 0 Å². The molecule has 0 fully saturated rings. The van der Waals surface area contributed by atoms with Crippen LogP contribution in [0.5, 0.6) is 0 Å². The molecular formula is C28H21ClF3NO5. The van der Waals surface area contributed by atoms with Crippen molar-refractivity contribution in [2.45, 2.75) is 25.8 Å². The maximum Gasteiger partial charge on any atom is 0.418 e. The lowest BCUT2D eigenvalue weighted by atomic mass is 9.93. The molecule has 3 aromatic carbocycles. The molecule has 0 aliphatic rings. The van der Waals surface area contributed by atoms with Gasteiger partial charge in [-0.1, -0.05) is 48.0 Å². The van der Waals surface area contributed by atoms with Gasteiger partial charge in [0.25, 0.3) is 0 Å². The Labute approximate surface area is 219 Å². The van der Waals surface area contributed by atoms with E-state index in [2.05, 4.69) is 5.32 Å². The van der Waals surface area contributed by atoms with E-state index in [1.165, 1.54) is 24.3 Å². The number of hydrogen-bond donors (Lipinski definition) is 3. The second-order valence-corrected chi connectivity index (χ2v) is 8.91. The Hall–Kier alpha value is -3.92. The molecule has 0 bridgehead atoms. The van der Waals surface area contributed by atoms with Crippen molar-refractivity contribution in [3.63, 3.8) is 0 Å². The Morgan fingerprint density at radius 1 is 1.11 bits per heavy atom. The quantitative estimate of drug-likeness (QED) is 0.206. The van der Waals surface area contributed by atoms with Crippen LogP contribution >= 0.6 is 11.6 Å². The Morgan fingerprint density at radius 2 is 1.84 bits per heavy atom. The summed E-state index contributed by atoms with van der Waals surface area (Å²) >= 11 is 6.23. The van der Waals surface area contributed by atoms with Crippen molar-refractivity contribution in [1.82, 2.24) is 0 Å². The minimum Gasteiger partial charge on any atom is -0.422 e. The number of anilines is 1. The first kappa shape index (κ1) is 27.1. The monoisotopic (exact) mass is 543 g/mol. The highest BCUT2D eigenvalue weighted by Crippen LogP contribution is 2.36. The third-order valence-corrected chi connectivity index (χ3v) is 6.17. The number of aryl methyl sites for hydroxylation is 1. The highest BCUT2D eigenvalue weighted by atomic mass is 35.5. The zero-order valence-corrected chi connectivity index (χ0v) is 20.6. The highest BCUT2D eigenvalue weighted by molar-refractivity contribution is 6.32. The summed E-state index contributed by atoms with van der Waals surface area (Å²) in [5, 5.41) is 21.4. The Morgan fingerprint density at radius 3 is 2.55 bits per heavy atom. The van der Waals surface area contributed by atoms with Crippen LogP contribution in [0.3, 0.4) is 0 Å². The summed E-state index contributed by atoms with van der Waals surface area (Å²) in [4.78, 5) is 26.0. The van der Waals surface area contributed by atoms with Gasteiger partial charge in [0.2, 0.25) is 5.91 Å². The predicted molar refractivity (Wildman–Crippen MR) is 139 cm³/mol. The van der Waals surface area contributed by atoms with Crippen LogP contribution in [0.15, 0.2) is 76.0 Å². The van der Waals surface area contributed by atoms with Crippen molar-refractivity contribution in [2.24, 2.45) is 0 Å². The van der Waals surface area contributed by atoms with Crippen LogP contribution < -0.4 is 10.9 Å². The second kappa shape index (κ2) is 10.8. The Bertz CT molecular complexity index is 1610. The molecule has 1 amide bonds. The Balaban J connectivity index is 1.85. The molecule has 0 atom stereocenters. The van der Waals surface area contributed by atoms with E-state index in [1.807, 2.05) is 0 Å². The van der Waals surface area contributed by atoms with Crippen LogP contribution in [-0.2, 0) is 17.4 Å². The molecule has 0 saturated heterocycles. The molecule has 3 N–H and O–H groups in total. The van der Waals surface area contributed by atoms with Gasteiger partial charge in [0, 0.05) is 22.0 Å². The molecular weight excluding hydrogens is 523 g/mol. The second-order valence-electron chi connectivity index (χ2n) is 8.51. The summed E-state index contributed by atoms with van der Waals surface area (Å²) in [5.74, 6) is -0.847. The lowest BCUT2D eigenvalue weighted by molar-refractivity contribution is -0.137. The van der Waals surface area contributed by atoms with Gasteiger partial charge in [-0.3, -0.25) is 4.79 Å². The molecule has 0 radical (unpaired) electrons. The number of carbonyl (C=O) groups is 1. The number of carbonyl (C=O) groups excluding carboxylic acids is 1. The van der Waals surface area contributed by atoms with Crippen LogP contribution in [0.1, 0.15) is 22.3 Å². The van der Waals surface area contributed by atoms with Crippen molar-refractivity contribution in [1.29, 1.82) is 0 Å². The number of aliphatic hydroxyl groups excluding tert-OH is 1. The minimum atomic E-state index is -4.69. The van der Waals surface area contributed by atoms with E-state index in [-0.39, 0.29) is 11.1 Å². The SMILES string of the molecule is Cc1cc2c(-c3cccc(C=CC(O)O)c3)c(CC(=O)Nc3ccccc3C(F)(F)F)c(=O)oc2cc1Cl. The number of rotatable bonds is 6. The molecule has 6 nitrogen and oxygen atoms in total.